The van der Waals surface area contributed by atoms with Crippen molar-refractivity contribution in [3.8, 4) is 0 Å². The van der Waals surface area contributed by atoms with Gasteiger partial charge in [-0.25, -0.2) is 4.98 Å². The molecule has 1 aliphatic heterocycles. The Morgan fingerprint density at radius 1 is 1.41 bits per heavy atom. The number of anilines is 1. The maximum absolute atomic E-state index is 12.6. The molecular weight excluding hydrogens is 477 g/mol. The summed E-state index contributed by atoms with van der Waals surface area (Å²) in [5.41, 5.74) is -0.0566. The van der Waals surface area contributed by atoms with Gasteiger partial charge in [0.2, 0.25) is 11.9 Å². The lowest BCUT2D eigenvalue weighted by molar-refractivity contribution is -0.118. The van der Waals surface area contributed by atoms with Gasteiger partial charge in [0.25, 0.3) is 5.56 Å². The average Bonchev–Trinajstić information content (AvgIpc) is 3.29. The number of nitrogens with one attached hydrogen (secondary N) is 2. The Labute approximate surface area is 201 Å². The van der Waals surface area contributed by atoms with Gasteiger partial charge >= 0.3 is 8.03 Å². The Bertz CT molecular complexity index is 1130. The standard InChI is InChI=1S/C21H34N5O6PSi/c1-12(2)17(27)24-20-23-16-15(18(28)25-20)22-11-26(16)19-14(32-34(7,8)21(3,4)5)9-13(31-19)10-30-33(6)29/h11-14,19H,9-10H2,1-8H3,(H-,23,24,25,27,28)/p+1/t13-,14?,19+/m0/s1. The Kier molecular flexibility index (Phi) is 7.78. The zero-order valence-corrected chi connectivity index (χ0v) is 22.9. The molecule has 2 unspecified atom stereocenters. The number of ether oxygens (including phenoxy) is 1. The van der Waals surface area contributed by atoms with E-state index in [1.807, 2.05) is 0 Å². The zero-order valence-electron chi connectivity index (χ0n) is 21.0. The number of fused-ring (bicyclic) bond motifs is 1. The van der Waals surface area contributed by atoms with Crippen LogP contribution in [0.1, 0.15) is 47.3 Å². The molecule has 1 amide bonds. The number of hydrogen-bond donors (Lipinski definition) is 2. The third-order valence-electron chi connectivity index (χ3n) is 6.31. The summed E-state index contributed by atoms with van der Waals surface area (Å²) in [6, 6.07) is 0. The van der Waals surface area contributed by atoms with E-state index >= 15 is 0 Å². The number of H-pyrrole nitrogens is 1. The van der Waals surface area contributed by atoms with Crippen LogP contribution >= 0.6 is 8.03 Å². The van der Waals surface area contributed by atoms with E-state index in [4.69, 9.17) is 13.7 Å². The minimum Gasteiger partial charge on any atom is -0.409 e. The molecule has 0 radical (unpaired) electrons. The molecule has 4 atom stereocenters. The molecule has 2 aromatic rings. The second-order valence-corrected chi connectivity index (χ2v) is 16.3. The first-order valence-electron chi connectivity index (χ1n) is 11.3. The minimum absolute atomic E-state index is 0.0282. The fourth-order valence-corrected chi connectivity index (χ4v) is 5.05. The summed E-state index contributed by atoms with van der Waals surface area (Å²) in [6.07, 6.45) is 0.706. The summed E-state index contributed by atoms with van der Waals surface area (Å²) >= 11 is 0. The van der Waals surface area contributed by atoms with Gasteiger partial charge in [0.15, 0.2) is 32.4 Å². The van der Waals surface area contributed by atoms with Gasteiger partial charge in [0.1, 0.15) is 6.61 Å². The number of nitrogens with zero attached hydrogens (tertiary/aromatic N) is 3. The molecule has 1 saturated heterocycles. The Hall–Kier alpha value is -1.98. The van der Waals surface area contributed by atoms with Crippen molar-refractivity contribution in [2.75, 3.05) is 18.6 Å². The molecule has 0 aromatic carbocycles. The van der Waals surface area contributed by atoms with Gasteiger partial charge in [0, 0.05) is 12.3 Å². The van der Waals surface area contributed by atoms with Crippen molar-refractivity contribution in [2.45, 2.75) is 77.6 Å². The summed E-state index contributed by atoms with van der Waals surface area (Å²) in [4.78, 5) is 36.0. The van der Waals surface area contributed by atoms with Gasteiger partial charge in [-0.05, 0) is 22.7 Å². The van der Waals surface area contributed by atoms with Gasteiger partial charge in [-0.1, -0.05) is 34.6 Å². The van der Waals surface area contributed by atoms with Gasteiger partial charge in [0.05, 0.1) is 18.5 Å². The Morgan fingerprint density at radius 2 is 2.09 bits per heavy atom. The number of carbonyl (C=O) groups is 1. The first-order valence-corrected chi connectivity index (χ1v) is 15.9. The van der Waals surface area contributed by atoms with Crippen LogP contribution in [0.2, 0.25) is 18.1 Å². The monoisotopic (exact) mass is 512 g/mol. The first-order chi connectivity index (χ1) is 15.7. The summed E-state index contributed by atoms with van der Waals surface area (Å²) in [7, 11) is -3.95. The molecule has 188 valence electrons. The van der Waals surface area contributed by atoms with Crippen molar-refractivity contribution in [1.82, 2.24) is 19.5 Å². The van der Waals surface area contributed by atoms with Crippen molar-refractivity contribution in [3.05, 3.63) is 16.7 Å². The van der Waals surface area contributed by atoms with E-state index in [-0.39, 0.29) is 52.8 Å². The summed E-state index contributed by atoms with van der Waals surface area (Å²) < 4.78 is 31.4. The van der Waals surface area contributed by atoms with Gasteiger partial charge < -0.3 is 9.16 Å². The van der Waals surface area contributed by atoms with Crippen molar-refractivity contribution in [3.63, 3.8) is 0 Å². The molecule has 0 aliphatic carbocycles. The van der Waals surface area contributed by atoms with Crippen LogP contribution in [0.3, 0.4) is 0 Å². The lowest BCUT2D eigenvalue weighted by Crippen LogP contribution is -2.45. The molecule has 11 nitrogen and oxygen atoms in total. The molecular formula is C21H35N5O6PSi+. The van der Waals surface area contributed by atoms with Crippen LogP contribution in [-0.2, 0) is 23.0 Å². The SMILES string of the molecule is CC(C)C(=O)Nc1nc2c(ncn2[C@@H]2O[C@H](CO[P+](C)=O)CC2O[Si](C)(C)C(C)(C)C)c(=O)[nH]1. The molecule has 1 fully saturated rings. The maximum atomic E-state index is 12.6. The third kappa shape index (κ3) is 5.80. The summed E-state index contributed by atoms with van der Waals surface area (Å²) in [5.74, 6) is -0.506. The number of aromatic amines is 1. The highest BCUT2D eigenvalue weighted by molar-refractivity contribution is 7.38. The predicted octanol–water partition coefficient (Wildman–Crippen LogP) is 3.78. The molecule has 2 aromatic heterocycles. The smallest absolute Gasteiger partial charge is 0.409 e. The Morgan fingerprint density at radius 3 is 2.68 bits per heavy atom. The number of hydrogen-bond acceptors (Lipinski definition) is 8. The van der Waals surface area contributed by atoms with Crippen molar-refractivity contribution in [1.29, 1.82) is 0 Å². The van der Waals surface area contributed by atoms with E-state index in [2.05, 4.69) is 54.1 Å². The van der Waals surface area contributed by atoms with Crippen molar-refractivity contribution < 1.29 is 23.0 Å². The van der Waals surface area contributed by atoms with E-state index in [0.717, 1.165) is 0 Å². The highest BCUT2D eigenvalue weighted by atomic mass is 31.1. The summed E-state index contributed by atoms with van der Waals surface area (Å²) in [6.45, 7) is 15.9. The molecule has 34 heavy (non-hydrogen) atoms. The molecule has 2 N–H and O–H groups in total. The highest BCUT2D eigenvalue weighted by Gasteiger charge is 2.46. The fraction of sp³-hybridized carbons (Fsp3) is 0.714. The van der Waals surface area contributed by atoms with Crippen LogP contribution in [-0.4, -0.2) is 59.2 Å². The summed E-state index contributed by atoms with van der Waals surface area (Å²) in [5, 5.41) is 2.60. The lowest BCUT2D eigenvalue weighted by atomic mass is 10.2. The average molecular weight is 513 g/mol. The Balaban J connectivity index is 1.99. The highest BCUT2D eigenvalue weighted by Crippen LogP contribution is 2.42. The van der Waals surface area contributed by atoms with Crippen LogP contribution in [0.15, 0.2) is 11.1 Å². The second kappa shape index (κ2) is 9.94. The van der Waals surface area contributed by atoms with Gasteiger partial charge in [-0.3, -0.25) is 24.5 Å². The maximum Gasteiger partial charge on any atom is 0.504 e. The quantitative estimate of drug-likeness (QED) is 0.403. The second-order valence-electron chi connectivity index (χ2n) is 10.4. The van der Waals surface area contributed by atoms with Gasteiger partial charge in [-0.15, -0.1) is 4.52 Å². The molecule has 0 bridgehead atoms. The van der Waals surface area contributed by atoms with Crippen molar-refractivity contribution >= 4 is 39.4 Å². The number of rotatable bonds is 8. The topological polar surface area (TPSA) is 137 Å². The number of aromatic nitrogens is 4. The van der Waals surface area contributed by atoms with Crippen LogP contribution in [0.5, 0.6) is 0 Å². The van der Waals surface area contributed by atoms with E-state index in [9.17, 15) is 14.2 Å². The van der Waals surface area contributed by atoms with E-state index in [1.165, 1.54) is 13.0 Å². The zero-order chi connectivity index (χ0) is 25.4. The van der Waals surface area contributed by atoms with E-state index in [0.29, 0.717) is 6.42 Å². The molecule has 3 heterocycles. The minimum atomic E-state index is -2.18. The van der Waals surface area contributed by atoms with Crippen LogP contribution in [0, 0.1) is 5.92 Å². The predicted molar refractivity (Wildman–Crippen MR) is 132 cm³/mol. The first kappa shape index (κ1) is 26.6. The van der Waals surface area contributed by atoms with Crippen LogP contribution < -0.4 is 10.9 Å². The van der Waals surface area contributed by atoms with Crippen LogP contribution in [0.4, 0.5) is 5.95 Å². The van der Waals surface area contributed by atoms with E-state index < -0.39 is 28.1 Å². The largest absolute Gasteiger partial charge is 0.504 e. The molecule has 1 aliphatic rings. The number of imidazole rings is 1. The van der Waals surface area contributed by atoms with E-state index in [1.54, 1.807) is 18.4 Å². The lowest BCUT2D eigenvalue weighted by Gasteiger charge is -2.39. The fourth-order valence-electron chi connectivity index (χ4n) is 3.35. The third-order valence-corrected chi connectivity index (χ3v) is 11.3. The number of carbonyl (C=O) groups excluding carboxylic acids is 1. The molecule has 13 heteroatoms. The molecule has 0 spiro atoms. The van der Waals surface area contributed by atoms with Crippen LogP contribution in [0.25, 0.3) is 11.2 Å². The van der Waals surface area contributed by atoms with Gasteiger partial charge in [-0.2, -0.15) is 4.98 Å². The van der Waals surface area contributed by atoms with Crippen molar-refractivity contribution in [2.24, 2.45) is 5.92 Å². The number of amides is 1. The normalized spacial score (nSPS) is 21.9. The molecule has 0 saturated carbocycles. The molecule has 3 rings (SSSR count).